The van der Waals surface area contributed by atoms with Gasteiger partial charge in [-0.25, -0.2) is 8.88 Å². The number of fused-ring (bicyclic) bond motifs is 3. The van der Waals surface area contributed by atoms with Crippen LogP contribution in [0, 0.1) is 6.92 Å². The van der Waals surface area contributed by atoms with Crippen LogP contribution in [0.2, 0.25) is 5.02 Å². The molecule has 92 valence electrons. The highest BCUT2D eigenvalue weighted by molar-refractivity contribution is 7.20. The molecule has 0 unspecified atom stereocenters. The summed E-state index contributed by atoms with van der Waals surface area (Å²) >= 11 is 13.4. The lowest BCUT2D eigenvalue weighted by molar-refractivity contribution is 0.0702. The van der Waals surface area contributed by atoms with Gasteiger partial charge in [0.25, 0.3) is 0 Å². The monoisotopic (exact) mass is 299 g/mol. The topological polar surface area (TPSA) is 42.2 Å². The molecule has 0 radical (unpaired) electrons. The third kappa shape index (κ3) is 1.53. The summed E-state index contributed by atoms with van der Waals surface area (Å²) in [4.78, 5) is 12.0. The second-order valence-electron chi connectivity index (χ2n) is 4.03. The van der Waals surface area contributed by atoms with Gasteiger partial charge in [-0.3, -0.25) is 0 Å². The Labute approximate surface area is 116 Å². The largest absolute Gasteiger partial charge is 0.477 e. The Morgan fingerprint density at radius 3 is 2.78 bits per heavy atom. The van der Waals surface area contributed by atoms with Crippen molar-refractivity contribution in [2.45, 2.75) is 6.92 Å². The van der Waals surface area contributed by atoms with Crippen LogP contribution in [0.15, 0.2) is 18.2 Å². The van der Waals surface area contributed by atoms with Crippen LogP contribution in [-0.2, 0) is 0 Å². The van der Waals surface area contributed by atoms with E-state index >= 15 is 0 Å². The second-order valence-corrected chi connectivity index (χ2v) is 5.84. The maximum atomic E-state index is 11.0. The molecule has 6 heteroatoms. The fraction of sp³-hybridized carbons (Fsp3) is 0.0833. The summed E-state index contributed by atoms with van der Waals surface area (Å²) in [7, 11) is 0. The Balaban J connectivity index is 2.52. The number of carboxylic acids is 1. The van der Waals surface area contributed by atoms with Crippen molar-refractivity contribution in [3.05, 3.63) is 33.7 Å². The van der Waals surface area contributed by atoms with E-state index < -0.39 is 5.97 Å². The highest BCUT2D eigenvalue weighted by Crippen LogP contribution is 2.38. The van der Waals surface area contributed by atoms with Crippen LogP contribution in [-0.4, -0.2) is 15.2 Å². The molecule has 0 spiro atoms. The smallest absolute Gasteiger partial charge is 0.345 e. The van der Waals surface area contributed by atoms with Gasteiger partial charge in [-0.05, 0) is 30.7 Å². The zero-order valence-corrected chi connectivity index (χ0v) is 11.5. The molecule has 0 bridgehead atoms. The van der Waals surface area contributed by atoms with Crippen molar-refractivity contribution in [3.63, 3.8) is 0 Å². The molecule has 1 aromatic carbocycles. The third-order valence-electron chi connectivity index (χ3n) is 2.86. The van der Waals surface area contributed by atoms with Gasteiger partial charge in [-0.1, -0.05) is 11.6 Å². The number of carbonyl (C=O) groups is 1. The van der Waals surface area contributed by atoms with Gasteiger partial charge in [0, 0.05) is 27.6 Å². The van der Waals surface area contributed by atoms with Gasteiger partial charge in [-0.15, -0.1) is 11.3 Å². The number of aryl methyl sites for hydroxylation is 1. The lowest BCUT2D eigenvalue weighted by Gasteiger charge is -1.99. The van der Waals surface area contributed by atoms with Crippen LogP contribution < -0.4 is 0 Å². The molecule has 0 fully saturated rings. The first-order valence-corrected chi connectivity index (χ1v) is 6.66. The number of aromatic carboxylic acids is 1. The maximum Gasteiger partial charge on any atom is 0.345 e. The molecule has 2 aromatic heterocycles. The summed E-state index contributed by atoms with van der Waals surface area (Å²) in [5, 5.41) is 11.4. The molecule has 0 amide bonds. The summed E-state index contributed by atoms with van der Waals surface area (Å²) in [6, 6.07) is 5.28. The summed E-state index contributed by atoms with van der Waals surface area (Å²) in [6.07, 6.45) is 0. The van der Waals surface area contributed by atoms with E-state index in [9.17, 15) is 4.79 Å². The molecule has 0 saturated carbocycles. The van der Waals surface area contributed by atoms with Crippen molar-refractivity contribution in [1.29, 1.82) is 0 Å². The molecule has 3 rings (SSSR count). The molecule has 2 heterocycles. The van der Waals surface area contributed by atoms with E-state index in [1.54, 1.807) is 12.1 Å². The molecule has 0 atom stereocenters. The van der Waals surface area contributed by atoms with Crippen LogP contribution in [0.3, 0.4) is 0 Å². The van der Waals surface area contributed by atoms with Crippen LogP contribution in [0.4, 0.5) is 0 Å². The minimum absolute atomic E-state index is 0.283. The predicted molar refractivity (Wildman–Crippen MR) is 75.3 cm³/mol. The van der Waals surface area contributed by atoms with Crippen LogP contribution in [0.1, 0.15) is 15.2 Å². The van der Waals surface area contributed by atoms with Gasteiger partial charge < -0.3 is 5.11 Å². The highest BCUT2D eigenvalue weighted by atomic mass is 35.5. The molecule has 0 aliphatic carbocycles. The summed E-state index contributed by atoms with van der Waals surface area (Å²) in [5.41, 5.74) is 1.79. The molecule has 0 aliphatic rings. The van der Waals surface area contributed by atoms with Gasteiger partial charge in [-0.2, -0.15) is 0 Å². The molecule has 18 heavy (non-hydrogen) atoms. The van der Waals surface area contributed by atoms with Gasteiger partial charge >= 0.3 is 5.97 Å². The van der Waals surface area contributed by atoms with E-state index in [4.69, 9.17) is 28.5 Å². The SMILES string of the molecule is Cc1cc(Cl)cc2c1c1cc(C(=O)O)sc1n2Cl. The van der Waals surface area contributed by atoms with E-state index in [0.29, 0.717) is 5.02 Å². The standard InChI is InChI=1S/C12H7Cl2NO2S/c1-5-2-6(13)3-8-10(5)7-4-9(12(16)17)18-11(7)15(8)14/h2-4H,1H3,(H,16,17). The molecule has 0 saturated heterocycles. The van der Waals surface area contributed by atoms with Gasteiger partial charge in [0.1, 0.15) is 9.71 Å². The zero-order chi connectivity index (χ0) is 13.0. The van der Waals surface area contributed by atoms with Crippen LogP contribution >= 0.6 is 34.7 Å². The van der Waals surface area contributed by atoms with E-state index in [1.807, 2.05) is 13.0 Å². The van der Waals surface area contributed by atoms with Crippen molar-refractivity contribution in [2.75, 3.05) is 0 Å². The minimum Gasteiger partial charge on any atom is -0.477 e. The number of benzene rings is 1. The van der Waals surface area contributed by atoms with Gasteiger partial charge in [0.05, 0.1) is 5.52 Å². The number of nitrogens with zero attached hydrogens (tertiary/aromatic N) is 1. The first-order valence-electron chi connectivity index (χ1n) is 5.12. The van der Waals surface area contributed by atoms with Crippen molar-refractivity contribution in [2.24, 2.45) is 0 Å². The highest BCUT2D eigenvalue weighted by Gasteiger charge is 2.18. The van der Waals surface area contributed by atoms with Crippen molar-refractivity contribution < 1.29 is 9.90 Å². The van der Waals surface area contributed by atoms with Crippen LogP contribution in [0.5, 0.6) is 0 Å². The maximum absolute atomic E-state index is 11.0. The van der Waals surface area contributed by atoms with Crippen molar-refractivity contribution in [3.8, 4) is 0 Å². The van der Waals surface area contributed by atoms with E-state index in [2.05, 4.69) is 0 Å². The third-order valence-corrected chi connectivity index (χ3v) is 4.64. The Hall–Kier alpha value is -1.23. The first kappa shape index (κ1) is 11.8. The summed E-state index contributed by atoms with van der Waals surface area (Å²) in [5.74, 6) is -0.937. The molecule has 0 aliphatic heterocycles. The fourth-order valence-corrected chi connectivity index (χ4v) is 3.67. The first-order chi connectivity index (χ1) is 8.49. The number of hydrogen-bond acceptors (Lipinski definition) is 2. The Bertz CT molecular complexity index is 803. The minimum atomic E-state index is -0.937. The van der Waals surface area contributed by atoms with Crippen molar-refractivity contribution in [1.82, 2.24) is 4.09 Å². The molecular weight excluding hydrogens is 293 g/mol. The van der Waals surface area contributed by atoms with Gasteiger partial charge in [0.2, 0.25) is 0 Å². The van der Waals surface area contributed by atoms with Crippen LogP contribution in [0.25, 0.3) is 21.1 Å². The van der Waals surface area contributed by atoms with E-state index in [1.165, 1.54) is 4.09 Å². The molecule has 3 aromatic rings. The van der Waals surface area contributed by atoms with Gasteiger partial charge in [0.15, 0.2) is 0 Å². The Kier molecular flexibility index (Phi) is 2.55. The number of thiophene rings is 1. The predicted octanol–water partition coefficient (Wildman–Crippen LogP) is 4.52. The zero-order valence-electron chi connectivity index (χ0n) is 9.20. The number of aromatic nitrogens is 1. The van der Waals surface area contributed by atoms with Crippen molar-refractivity contribution >= 4 is 61.8 Å². The fourth-order valence-electron chi connectivity index (χ4n) is 2.15. The number of hydrogen-bond donors (Lipinski definition) is 1. The Morgan fingerprint density at radius 2 is 2.11 bits per heavy atom. The quantitative estimate of drug-likeness (QED) is 0.718. The Morgan fingerprint density at radius 1 is 1.39 bits per heavy atom. The number of rotatable bonds is 1. The summed E-state index contributed by atoms with van der Waals surface area (Å²) in [6.45, 7) is 1.93. The second kappa shape index (κ2) is 3.88. The normalized spacial score (nSPS) is 11.5. The number of carboxylic acid groups (broad SMARTS) is 1. The molecular formula is C12H7Cl2NO2S. The lowest BCUT2D eigenvalue weighted by Crippen LogP contribution is -1.90. The average molecular weight is 300 g/mol. The number of halogens is 2. The molecule has 1 N–H and O–H groups in total. The van der Waals surface area contributed by atoms with E-state index in [0.717, 1.165) is 38.0 Å². The summed E-state index contributed by atoms with van der Waals surface area (Å²) < 4.78 is 1.47. The average Bonchev–Trinajstić information content (AvgIpc) is 2.80. The lowest BCUT2D eigenvalue weighted by atomic mass is 10.1. The van der Waals surface area contributed by atoms with E-state index in [-0.39, 0.29) is 4.88 Å². The molecule has 3 nitrogen and oxygen atoms in total.